The van der Waals surface area contributed by atoms with Gasteiger partial charge in [-0.15, -0.1) is 0 Å². The molecule has 7 heteroatoms. The smallest absolute Gasteiger partial charge is 0.325 e. The van der Waals surface area contributed by atoms with Crippen LogP contribution in [0.2, 0.25) is 0 Å². The fraction of sp³-hybridized carbons (Fsp3) is 0.333. The van der Waals surface area contributed by atoms with E-state index in [1.165, 1.54) is 0 Å². The molecule has 0 aliphatic heterocycles. The molecule has 0 aliphatic rings. The second-order valence-corrected chi connectivity index (χ2v) is 5.93. The normalized spacial score (nSPS) is 10.1. The second kappa shape index (κ2) is 10.2. The third kappa shape index (κ3) is 5.64. The lowest BCUT2D eigenvalue weighted by molar-refractivity contribution is -0.143. The van der Waals surface area contributed by atoms with E-state index >= 15 is 0 Å². The van der Waals surface area contributed by atoms with Crippen molar-refractivity contribution in [3.63, 3.8) is 0 Å². The van der Waals surface area contributed by atoms with Gasteiger partial charge in [0.15, 0.2) is 11.5 Å². The quantitative estimate of drug-likeness (QED) is 0.666. The minimum absolute atomic E-state index is 0.0734. The molecule has 28 heavy (non-hydrogen) atoms. The lowest BCUT2D eigenvalue weighted by atomic mass is 10.1. The maximum Gasteiger partial charge on any atom is 0.325 e. The first-order chi connectivity index (χ1) is 13.5. The number of esters is 1. The number of benzene rings is 2. The van der Waals surface area contributed by atoms with Crippen LogP contribution >= 0.6 is 0 Å². The van der Waals surface area contributed by atoms with Crippen LogP contribution in [0.25, 0.3) is 0 Å². The van der Waals surface area contributed by atoms with E-state index in [1.807, 2.05) is 19.9 Å². The Balaban J connectivity index is 1.86. The van der Waals surface area contributed by atoms with Gasteiger partial charge in [-0.1, -0.05) is 0 Å². The zero-order valence-electron chi connectivity index (χ0n) is 16.5. The number of ether oxygens (including phenoxy) is 4. The maximum atomic E-state index is 12.1. The van der Waals surface area contributed by atoms with Crippen molar-refractivity contribution >= 4 is 11.9 Å². The summed E-state index contributed by atoms with van der Waals surface area (Å²) in [7, 11) is 3.10. The summed E-state index contributed by atoms with van der Waals surface area (Å²) >= 11 is 0. The van der Waals surface area contributed by atoms with Gasteiger partial charge in [-0.2, -0.15) is 0 Å². The minimum atomic E-state index is -0.534. The first-order valence-electron chi connectivity index (χ1n) is 8.86. The summed E-state index contributed by atoms with van der Waals surface area (Å²) in [5.41, 5.74) is 2.14. The van der Waals surface area contributed by atoms with Crippen molar-refractivity contribution in [1.29, 1.82) is 0 Å². The Hall–Kier alpha value is -3.22. The van der Waals surface area contributed by atoms with Crippen molar-refractivity contribution in [2.24, 2.45) is 0 Å². The summed E-state index contributed by atoms with van der Waals surface area (Å²) in [5.74, 6) is 0.958. The van der Waals surface area contributed by atoms with Gasteiger partial charge in [0.25, 0.3) is 5.91 Å². The summed E-state index contributed by atoms with van der Waals surface area (Å²) in [6.07, 6.45) is 0. The SMILES string of the molecule is CCOc1ccc(C(=O)NCC(=O)OCc2cc(OC)c(OC)cc2C)cc1. The largest absolute Gasteiger partial charge is 0.494 e. The number of hydrogen-bond acceptors (Lipinski definition) is 6. The molecule has 0 unspecified atom stereocenters. The molecule has 0 aromatic heterocycles. The van der Waals surface area contributed by atoms with Crippen molar-refractivity contribution < 1.29 is 28.5 Å². The molecule has 0 spiro atoms. The summed E-state index contributed by atoms with van der Waals surface area (Å²) in [6, 6.07) is 10.3. The molecular formula is C21H25NO6. The second-order valence-electron chi connectivity index (χ2n) is 5.93. The fourth-order valence-electron chi connectivity index (χ4n) is 2.51. The number of methoxy groups -OCH3 is 2. The highest BCUT2D eigenvalue weighted by Gasteiger charge is 2.12. The van der Waals surface area contributed by atoms with Gasteiger partial charge in [-0.25, -0.2) is 0 Å². The van der Waals surface area contributed by atoms with E-state index in [1.54, 1.807) is 44.6 Å². The summed E-state index contributed by atoms with van der Waals surface area (Å²) < 4.78 is 21.1. The maximum absolute atomic E-state index is 12.1. The standard InChI is InChI=1S/C21H25NO6/c1-5-27-17-8-6-15(7-9-17)21(24)22-12-20(23)28-13-16-11-19(26-4)18(25-3)10-14(16)2/h6-11H,5,12-13H2,1-4H3,(H,22,24). The van der Waals surface area contributed by atoms with Crippen LogP contribution in [0.15, 0.2) is 36.4 Å². The number of rotatable bonds is 9. The molecule has 7 nitrogen and oxygen atoms in total. The first-order valence-corrected chi connectivity index (χ1v) is 8.86. The van der Waals surface area contributed by atoms with E-state index in [9.17, 15) is 9.59 Å². The van der Waals surface area contributed by atoms with E-state index in [0.29, 0.717) is 29.4 Å². The van der Waals surface area contributed by atoms with Crippen molar-refractivity contribution in [3.05, 3.63) is 53.1 Å². The Morgan fingerprint density at radius 2 is 1.64 bits per heavy atom. The zero-order valence-corrected chi connectivity index (χ0v) is 16.5. The van der Waals surface area contributed by atoms with E-state index in [4.69, 9.17) is 18.9 Å². The van der Waals surface area contributed by atoms with Gasteiger partial charge in [0.1, 0.15) is 18.9 Å². The van der Waals surface area contributed by atoms with Crippen molar-refractivity contribution in [3.8, 4) is 17.2 Å². The molecule has 0 atom stereocenters. The minimum Gasteiger partial charge on any atom is -0.494 e. The summed E-state index contributed by atoms with van der Waals surface area (Å²) in [6.45, 7) is 4.17. The molecule has 1 N–H and O–H groups in total. The average molecular weight is 387 g/mol. The molecule has 0 bridgehead atoms. The van der Waals surface area contributed by atoms with Crippen molar-refractivity contribution in [1.82, 2.24) is 5.32 Å². The molecule has 2 aromatic rings. The van der Waals surface area contributed by atoms with Crippen LogP contribution in [0.4, 0.5) is 0 Å². The predicted molar refractivity (Wildman–Crippen MR) is 104 cm³/mol. The van der Waals surface area contributed by atoms with Gasteiger partial charge >= 0.3 is 5.97 Å². The monoisotopic (exact) mass is 387 g/mol. The number of aryl methyl sites for hydroxylation is 1. The van der Waals surface area contributed by atoms with Gasteiger partial charge in [0.2, 0.25) is 0 Å². The lowest BCUT2D eigenvalue weighted by Gasteiger charge is -2.13. The number of nitrogens with one attached hydrogen (secondary N) is 1. The van der Waals surface area contributed by atoms with E-state index < -0.39 is 5.97 Å². The van der Waals surface area contributed by atoms with E-state index in [0.717, 1.165) is 11.1 Å². The molecule has 0 fully saturated rings. The number of hydrogen-bond donors (Lipinski definition) is 1. The van der Waals surface area contributed by atoms with E-state index in [2.05, 4.69) is 5.32 Å². The summed E-state index contributed by atoms with van der Waals surface area (Å²) in [5, 5.41) is 2.54. The molecule has 0 heterocycles. The molecule has 0 saturated heterocycles. The predicted octanol–water partition coefficient (Wildman–Crippen LogP) is 2.88. The Kier molecular flexibility index (Phi) is 7.68. The van der Waals surface area contributed by atoms with Crippen molar-refractivity contribution in [2.45, 2.75) is 20.5 Å². The van der Waals surface area contributed by atoms with Crippen LogP contribution < -0.4 is 19.5 Å². The van der Waals surface area contributed by atoms with Crippen LogP contribution in [0, 0.1) is 6.92 Å². The molecule has 2 rings (SSSR count). The van der Waals surface area contributed by atoms with Crippen LogP contribution in [0.3, 0.4) is 0 Å². The third-order valence-electron chi connectivity index (χ3n) is 4.05. The van der Waals surface area contributed by atoms with Crippen LogP contribution in [0.1, 0.15) is 28.4 Å². The molecule has 0 radical (unpaired) electrons. The molecule has 2 aromatic carbocycles. The highest BCUT2D eigenvalue weighted by Crippen LogP contribution is 2.30. The highest BCUT2D eigenvalue weighted by atomic mass is 16.5. The topological polar surface area (TPSA) is 83.1 Å². The van der Waals surface area contributed by atoms with Gasteiger partial charge in [0.05, 0.1) is 20.8 Å². The third-order valence-corrected chi connectivity index (χ3v) is 4.05. The lowest BCUT2D eigenvalue weighted by Crippen LogP contribution is -2.30. The van der Waals surface area contributed by atoms with Crippen LogP contribution in [-0.2, 0) is 16.1 Å². The zero-order chi connectivity index (χ0) is 20.5. The Bertz CT molecular complexity index is 816. The average Bonchev–Trinajstić information content (AvgIpc) is 2.71. The Morgan fingerprint density at radius 3 is 2.25 bits per heavy atom. The van der Waals surface area contributed by atoms with E-state index in [-0.39, 0.29) is 19.1 Å². The first kappa shape index (κ1) is 21.1. The molecule has 1 amide bonds. The molecule has 150 valence electrons. The van der Waals surface area contributed by atoms with Crippen molar-refractivity contribution in [2.75, 3.05) is 27.4 Å². The molecule has 0 aliphatic carbocycles. The number of amides is 1. The van der Waals surface area contributed by atoms with Crippen LogP contribution in [0.5, 0.6) is 17.2 Å². The Labute approximate surface area is 164 Å². The van der Waals surface area contributed by atoms with Crippen LogP contribution in [-0.4, -0.2) is 39.2 Å². The van der Waals surface area contributed by atoms with Gasteiger partial charge in [-0.3, -0.25) is 9.59 Å². The summed E-state index contributed by atoms with van der Waals surface area (Å²) in [4.78, 5) is 24.1. The fourth-order valence-corrected chi connectivity index (χ4v) is 2.51. The van der Waals surface area contributed by atoms with Gasteiger partial charge < -0.3 is 24.3 Å². The molecular weight excluding hydrogens is 362 g/mol. The van der Waals surface area contributed by atoms with Gasteiger partial charge in [-0.05, 0) is 61.4 Å². The Morgan fingerprint density at radius 1 is 1.00 bits per heavy atom. The molecule has 0 saturated carbocycles. The van der Waals surface area contributed by atoms with Gasteiger partial charge in [0, 0.05) is 5.56 Å². The highest BCUT2D eigenvalue weighted by molar-refractivity contribution is 5.96. The number of carbonyl (C=O) groups excluding carboxylic acids is 2. The number of carbonyl (C=O) groups is 2.